The number of aromatic hydroxyl groups is 3. The number of hydrogen-bond acceptors (Lipinski definition) is 12. The molecule has 5 aromatic carbocycles. The number of aliphatic hydroxyl groups is 1. The second kappa shape index (κ2) is 15.6. The van der Waals surface area contributed by atoms with Crippen LogP contribution < -0.4 is 18.9 Å². The maximum Gasteiger partial charge on any atom is 0.310 e. The van der Waals surface area contributed by atoms with E-state index < -0.39 is 58.5 Å². The molecule has 3 aliphatic rings. The Morgan fingerprint density at radius 3 is 2.31 bits per heavy atom. The summed E-state index contributed by atoms with van der Waals surface area (Å²) in [6.45, 7) is 1.58. The van der Waals surface area contributed by atoms with E-state index in [0.717, 1.165) is 28.3 Å². The van der Waals surface area contributed by atoms with Crippen molar-refractivity contribution in [3.63, 3.8) is 0 Å². The highest BCUT2D eigenvalue weighted by Crippen LogP contribution is 2.47. The monoisotopic (exact) mass is 820 g/mol. The van der Waals surface area contributed by atoms with Crippen LogP contribution in [0.5, 0.6) is 40.2 Å². The van der Waals surface area contributed by atoms with E-state index in [1.165, 1.54) is 37.4 Å². The first-order valence-corrected chi connectivity index (χ1v) is 20.0. The Hall–Kier alpha value is -6.64. The van der Waals surface area contributed by atoms with E-state index in [0.29, 0.717) is 27.2 Å². The van der Waals surface area contributed by atoms with Crippen LogP contribution in [-0.4, -0.2) is 68.6 Å². The van der Waals surface area contributed by atoms with Gasteiger partial charge < -0.3 is 44.1 Å². The normalized spacial score (nSPS) is 20.4. The molecule has 0 fully saturated rings. The molecule has 1 unspecified atom stereocenters. The first kappa shape index (κ1) is 39.2. The van der Waals surface area contributed by atoms with E-state index in [9.17, 15) is 38.6 Å². The number of methoxy groups -OCH3 is 1. The zero-order valence-electron chi connectivity index (χ0n) is 31.8. The summed E-state index contributed by atoms with van der Waals surface area (Å²) in [5.74, 6) is -2.38. The molecule has 0 saturated carbocycles. The molecule has 0 saturated heterocycles. The maximum atomic E-state index is 14.6. The minimum absolute atomic E-state index is 0.112. The van der Waals surface area contributed by atoms with Crippen molar-refractivity contribution in [3.05, 3.63) is 136 Å². The van der Waals surface area contributed by atoms with Gasteiger partial charge in [-0.1, -0.05) is 30.3 Å². The Morgan fingerprint density at radius 2 is 1.56 bits per heavy atom. The van der Waals surface area contributed by atoms with Crippen molar-refractivity contribution in [2.45, 2.75) is 42.7 Å². The van der Waals surface area contributed by atoms with Crippen molar-refractivity contribution in [3.8, 4) is 40.2 Å². The number of ketones is 1. The van der Waals surface area contributed by atoms with Crippen molar-refractivity contribution in [1.29, 1.82) is 0 Å². The number of carbonyl (C=O) groups is 2. The van der Waals surface area contributed by atoms with Crippen molar-refractivity contribution in [1.82, 2.24) is 0 Å². The molecule has 59 heavy (non-hydrogen) atoms. The highest BCUT2D eigenvalue weighted by Gasteiger charge is 2.41. The number of phenols is 3. The number of fused-ring (bicyclic) bond motifs is 3. The van der Waals surface area contributed by atoms with Crippen LogP contribution in [0.25, 0.3) is 17.2 Å². The number of aliphatic hydroxyl groups excluding tert-OH is 1. The van der Waals surface area contributed by atoms with Gasteiger partial charge in [-0.15, -0.1) is 0 Å². The van der Waals surface area contributed by atoms with Gasteiger partial charge in [0, 0.05) is 39.6 Å². The molecule has 5 atom stereocenters. The molecule has 0 bridgehead atoms. The van der Waals surface area contributed by atoms with Crippen LogP contribution >= 0.6 is 0 Å². The molecule has 0 spiro atoms. The number of benzene rings is 5. The Balaban J connectivity index is 1.06. The summed E-state index contributed by atoms with van der Waals surface area (Å²) < 4.78 is 56.5. The molecule has 302 valence electrons. The van der Waals surface area contributed by atoms with E-state index in [1.54, 1.807) is 48.7 Å². The third kappa shape index (κ3) is 7.48. The average molecular weight is 821 g/mol. The van der Waals surface area contributed by atoms with Crippen LogP contribution in [0.15, 0.2) is 101 Å². The molecule has 12 nitrogen and oxygen atoms in total. The van der Waals surface area contributed by atoms with Gasteiger partial charge >= 0.3 is 5.97 Å². The zero-order chi connectivity index (χ0) is 41.7. The smallest absolute Gasteiger partial charge is 0.310 e. The first-order valence-electron chi connectivity index (χ1n) is 18.4. The second-order valence-corrected chi connectivity index (χ2v) is 15.6. The third-order valence-corrected chi connectivity index (χ3v) is 11.5. The number of Topliss-reactive ketones (excluding diaryl/α,β-unsaturated/α-hetero) is 1. The topological polar surface area (TPSA) is 178 Å². The van der Waals surface area contributed by atoms with Crippen molar-refractivity contribution >= 4 is 39.8 Å². The largest absolute Gasteiger partial charge is 0.508 e. The Bertz CT molecular complexity index is 2620. The molecule has 0 radical (unpaired) electrons. The summed E-state index contributed by atoms with van der Waals surface area (Å²) in [6.07, 6.45) is -1.46. The van der Waals surface area contributed by atoms with Gasteiger partial charge in [0.2, 0.25) is 5.78 Å². The average Bonchev–Trinajstić information content (AvgIpc) is 3.45. The summed E-state index contributed by atoms with van der Waals surface area (Å²) in [4.78, 5) is 27.4. The molecule has 8 rings (SSSR count). The van der Waals surface area contributed by atoms with Crippen LogP contribution in [0.1, 0.15) is 63.7 Å². The van der Waals surface area contributed by atoms with E-state index in [4.69, 9.17) is 23.7 Å². The van der Waals surface area contributed by atoms with E-state index in [1.807, 2.05) is 25.1 Å². The quantitative estimate of drug-likeness (QED) is 0.110. The number of rotatable bonds is 9. The molecule has 2 aliphatic heterocycles. The molecule has 0 amide bonds. The number of carbonyl (C=O) groups excluding carboxylic acids is 2. The zero-order valence-corrected chi connectivity index (χ0v) is 32.6. The summed E-state index contributed by atoms with van der Waals surface area (Å²) >= 11 is 0. The van der Waals surface area contributed by atoms with E-state index >= 15 is 0 Å². The van der Waals surface area contributed by atoms with Crippen LogP contribution in [-0.2, 0) is 20.3 Å². The van der Waals surface area contributed by atoms with Gasteiger partial charge in [0.05, 0.1) is 13.5 Å². The number of ether oxygens (including phenoxy) is 5. The van der Waals surface area contributed by atoms with Crippen LogP contribution in [0, 0.1) is 5.82 Å². The Labute approximate surface area is 339 Å². The van der Waals surface area contributed by atoms with Gasteiger partial charge in [0.15, 0.2) is 47.4 Å². The fourth-order valence-corrected chi connectivity index (χ4v) is 8.06. The lowest BCUT2D eigenvalue weighted by molar-refractivity contribution is -0.147. The second-order valence-electron chi connectivity index (χ2n) is 14.3. The minimum atomic E-state index is -1.71. The summed E-state index contributed by atoms with van der Waals surface area (Å²) in [7, 11) is 0.257. The Morgan fingerprint density at radius 1 is 0.831 bits per heavy atom. The van der Waals surface area contributed by atoms with Crippen molar-refractivity contribution in [2.75, 3.05) is 20.0 Å². The predicted molar refractivity (Wildman–Crippen MR) is 214 cm³/mol. The van der Waals surface area contributed by atoms with Gasteiger partial charge in [0.25, 0.3) is 0 Å². The summed E-state index contributed by atoms with van der Waals surface area (Å²) in [6, 6.07) is 23.0. The third-order valence-electron chi connectivity index (χ3n) is 10.5. The lowest BCUT2D eigenvalue weighted by Crippen LogP contribution is -2.38. The Kier molecular flexibility index (Phi) is 10.4. The van der Waals surface area contributed by atoms with Crippen molar-refractivity contribution in [2.24, 2.45) is 0 Å². The van der Waals surface area contributed by atoms with Crippen LogP contribution in [0.2, 0.25) is 0 Å². The van der Waals surface area contributed by atoms with Crippen molar-refractivity contribution < 1.29 is 62.3 Å². The highest BCUT2D eigenvalue weighted by atomic mass is 32.2. The standard InChI is InChI=1S/C45H37FO12S/c1-22-30(14-23-4-9-28(10-5-23)59(3)53)29-11-8-26(46)17-32(29)31(22)20-40(50)55-21-39-44(24-6-12-33(48)36(15-24)54-2)57-37-16-25(7-13-35(37)56-39)45-43(52)42(51)41-34(49)18-27(47)19-38(41)58-45/h4-19,39,43-45,47-49,52H,20-21H2,1-3H3/b30-14-/t39-,43+,44-,45-,59?/m0/s1. The molecule has 5 aromatic rings. The SMILES string of the molecule is COc1cc([C@@H]2Oc3cc([C@@H]4Oc5cc(O)cc(O)c5C(=O)[C@H]4O)ccc3O[C@H]2COC(=O)CC2=C(C)/C(=C/c3ccc(S(C)=O)cc3)c3ccc(F)cc32)ccc1O. The van der Waals surface area contributed by atoms with Gasteiger partial charge in [-0.25, -0.2) is 4.39 Å². The lowest BCUT2D eigenvalue weighted by atomic mass is 9.92. The van der Waals surface area contributed by atoms with E-state index in [2.05, 4.69) is 0 Å². The summed E-state index contributed by atoms with van der Waals surface area (Å²) in [5, 5.41) is 41.6. The number of esters is 1. The van der Waals surface area contributed by atoms with Crippen LogP contribution in [0.3, 0.4) is 0 Å². The van der Waals surface area contributed by atoms with Gasteiger partial charge in [-0.05, 0) is 101 Å². The van der Waals surface area contributed by atoms with Gasteiger partial charge in [0.1, 0.15) is 35.2 Å². The predicted octanol–water partition coefficient (Wildman–Crippen LogP) is 7.21. The molecule has 4 N–H and O–H groups in total. The van der Waals surface area contributed by atoms with Gasteiger partial charge in [-0.2, -0.15) is 0 Å². The molecule has 1 aliphatic carbocycles. The molecular formula is C45H37FO12S. The highest BCUT2D eigenvalue weighted by molar-refractivity contribution is 7.84. The number of allylic oxidation sites excluding steroid dienone is 2. The lowest BCUT2D eigenvalue weighted by Gasteiger charge is -2.35. The van der Waals surface area contributed by atoms with E-state index in [-0.39, 0.29) is 53.1 Å². The van der Waals surface area contributed by atoms with Gasteiger partial charge in [-0.3, -0.25) is 13.8 Å². The number of hydrogen-bond donors (Lipinski definition) is 4. The molecule has 0 aromatic heterocycles. The fraction of sp³-hybridized carbons (Fsp3) is 0.200. The molecule has 14 heteroatoms. The molecular weight excluding hydrogens is 784 g/mol. The van der Waals surface area contributed by atoms with Crippen LogP contribution in [0.4, 0.5) is 4.39 Å². The number of phenolic OH excluding ortho intramolecular Hbond substituents is 3. The number of halogens is 1. The summed E-state index contributed by atoms with van der Waals surface area (Å²) in [5.41, 5.74) is 4.89. The maximum absolute atomic E-state index is 14.6. The molecule has 2 heterocycles. The fourth-order valence-electron chi connectivity index (χ4n) is 7.54. The minimum Gasteiger partial charge on any atom is -0.508 e. The first-order chi connectivity index (χ1) is 28.3.